The average Bonchev–Trinajstić information content (AvgIpc) is 2.89. The third-order valence-electron chi connectivity index (χ3n) is 3.80. The van der Waals surface area contributed by atoms with Gasteiger partial charge in [0.15, 0.2) is 0 Å². The number of fused-ring (bicyclic) bond motifs is 1. The van der Waals surface area contributed by atoms with Gasteiger partial charge in [-0.3, -0.25) is 4.79 Å². The number of ether oxygens (including phenoxy) is 1. The molecule has 0 spiro atoms. The summed E-state index contributed by atoms with van der Waals surface area (Å²) in [5.41, 5.74) is 0. The molecule has 2 N–H and O–H groups in total. The van der Waals surface area contributed by atoms with E-state index in [9.17, 15) is 14.7 Å². The van der Waals surface area contributed by atoms with Crippen molar-refractivity contribution in [3.63, 3.8) is 0 Å². The Hall–Kier alpha value is -1.30. The van der Waals surface area contributed by atoms with Gasteiger partial charge in [0.05, 0.1) is 12.7 Å². The first-order chi connectivity index (χ1) is 8.61. The number of urea groups is 1. The van der Waals surface area contributed by atoms with Crippen molar-refractivity contribution < 1.29 is 19.4 Å². The van der Waals surface area contributed by atoms with Gasteiger partial charge in [-0.1, -0.05) is 0 Å². The van der Waals surface area contributed by atoms with Crippen molar-refractivity contribution in [2.45, 2.75) is 25.9 Å². The summed E-state index contributed by atoms with van der Waals surface area (Å²) in [6, 6.07) is -0.246. The fourth-order valence-electron chi connectivity index (χ4n) is 2.87. The van der Waals surface area contributed by atoms with Gasteiger partial charge in [-0.15, -0.1) is 0 Å². The highest BCUT2D eigenvalue weighted by atomic mass is 16.5. The Kier molecular flexibility index (Phi) is 4.06. The quantitative estimate of drug-likeness (QED) is 0.695. The Labute approximate surface area is 106 Å². The molecule has 1 saturated carbocycles. The lowest BCUT2D eigenvalue weighted by Gasteiger charge is -2.18. The molecular formula is C12H20N2O4. The monoisotopic (exact) mass is 256 g/mol. The zero-order valence-corrected chi connectivity index (χ0v) is 10.6. The van der Waals surface area contributed by atoms with Crippen LogP contribution >= 0.6 is 0 Å². The van der Waals surface area contributed by atoms with E-state index in [-0.39, 0.29) is 24.6 Å². The number of carbonyl (C=O) groups is 2. The smallest absolute Gasteiger partial charge is 0.325 e. The SMILES string of the molecule is CCOC(=O)CNC(=O)N1CC2CCC(O)C2C1. The highest BCUT2D eigenvalue weighted by Crippen LogP contribution is 2.37. The first kappa shape index (κ1) is 13.1. The molecule has 0 aromatic carbocycles. The molecule has 2 aliphatic rings. The molecular weight excluding hydrogens is 236 g/mol. The first-order valence-corrected chi connectivity index (χ1v) is 6.48. The van der Waals surface area contributed by atoms with Gasteiger partial charge in [0.1, 0.15) is 6.54 Å². The number of aliphatic hydroxyl groups is 1. The van der Waals surface area contributed by atoms with Gasteiger partial charge in [0, 0.05) is 19.0 Å². The van der Waals surface area contributed by atoms with Crippen LogP contribution in [0.2, 0.25) is 0 Å². The lowest BCUT2D eigenvalue weighted by atomic mass is 10.00. The molecule has 2 amide bonds. The largest absolute Gasteiger partial charge is 0.465 e. The Balaban J connectivity index is 1.76. The molecule has 0 aromatic heterocycles. The Morgan fingerprint density at radius 1 is 1.39 bits per heavy atom. The van der Waals surface area contributed by atoms with Crippen LogP contribution in [0.4, 0.5) is 4.79 Å². The standard InChI is InChI=1S/C12H20N2O4/c1-2-18-11(16)5-13-12(17)14-6-8-3-4-10(15)9(8)7-14/h8-10,15H,2-7H2,1H3,(H,13,17). The molecule has 6 nitrogen and oxygen atoms in total. The van der Waals surface area contributed by atoms with Crippen LogP contribution in [0.3, 0.4) is 0 Å². The van der Waals surface area contributed by atoms with E-state index in [0.29, 0.717) is 25.6 Å². The summed E-state index contributed by atoms with van der Waals surface area (Å²) >= 11 is 0. The van der Waals surface area contributed by atoms with Crippen LogP contribution < -0.4 is 5.32 Å². The summed E-state index contributed by atoms with van der Waals surface area (Å²) < 4.78 is 4.73. The molecule has 0 aromatic rings. The molecule has 2 rings (SSSR count). The molecule has 6 heteroatoms. The van der Waals surface area contributed by atoms with E-state index in [2.05, 4.69) is 5.32 Å². The van der Waals surface area contributed by atoms with Gasteiger partial charge >= 0.3 is 12.0 Å². The van der Waals surface area contributed by atoms with E-state index in [0.717, 1.165) is 12.8 Å². The highest BCUT2D eigenvalue weighted by molar-refractivity contribution is 5.81. The van der Waals surface area contributed by atoms with E-state index in [1.807, 2.05) is 0 Å². The Morgan fingerprint density at radius 2 is 2.17 bits per heavy atom. The minimum Gasteiger partial charge on any atom is -0.465 e. The summed E-state index contributed by atoms with van der Waals surface area (Å²) in [5.74, 6) is 0.192. The number of carbonyl (C=O) groups excluding carboxylic acids is 2. The molecule has 1 saturated heterocycles. The number of hydrogen-bond donors (Lipinski definition) is 2. The Morgan fingerprint density at radius 3 is 2.83 bits per heavy atom. The third-order valence-corrected chi connectivity index (χ3v) is 3.80. The van der Waals surface area contributed by atoms with E-state index >= 15 is 0 Å². The Bertz CT molecular complexity index is 334. The predicted molar refractivity (Wildman–Crippen MR) is 63.8 cm³/mol. The van der Waals surface area contributed by atoms with Crippen LogP contribution in [-0.4, -0.2) is 54.4 Å². The van der Waals surface area contributed by atoms with Crippen molar-refractivity contribution in [1.29, 1.82) is 0 Å². The fraction of sp³-hybridized carbons (Fsp3) is 0.833. The number of aliphatic hydroxyl groups excluding tert-OH is 1. The van der Waals surface area contributed by atoms with Gasteiger partial charge in [-0.2, -0.15) is 0 Å². The maximum Gasteiger partial charge on any atom is 0.325 e. The molecule has 3 unspecified atom stereocenters. The zero-order valence-electron chi connectivity index (χ0n) is 10.6. The molecule has 3 atom stereocenters. The van der Waals surface area contributed by atoms with E-state index in [1.54, 1.807) is 11.8 Å². The average molecular weight is 256 g/mol. The van der Waals surface area contributed by atoms with E-state index < -0.39 is 5.97 Å². The van der Waals surface area contributed by atoms with Crippen LogP contribution in [0.1, 0.15) is 19.8 Å². The molecule has 1 aliphatic carbocycles. The third kappa shape index (κ3) is 2.75. The predicted octanol–water partition coefficient (Wildman–Crippen LogP) is -0.0382. The number of nitrogens with zero attached hydrogens (tertiary/aromatic N) is 1. The normalized spacial score (nSPS) is 30.1. The first-order valence-electron chi connectivity index (χ1n) is 6.48. The van der Waals surface area contributed by atoms with Crippen LogP contribution in [0.25, 0.3) is 0 Å². The summed E-state index contributed by atoms with van der Waals surface area (Å²) in [6.07, 6.45) is 1.54. The van der Waals surface area contributed by atoms with E-state index in [1.165, 1.54) is 0 Å². The topological polar surface area (TPSA) is 78.9 Å². The molecule has 0 bridgehead atoms. The number of esters is 1. The number of nitrogens with one attached hydrogen (secondary N) is 1. The summed E-state index contributed by atoms with van der Waals surface area (Å²) in [4.78, 5) is 24.6. The molecule has 2 fully saturated rings. The molecule has 0 radical (unpaired) electrons. The van der Waals surface area contributed by atoms with Gasteiger partial charge in [-0.25, -0.2) is 4.79 Å². The second-order valence-corrected chi connectivity index (χ2v) is 4.94. The van der Waals surface area contributed by atoms with Gasteiger partial charge in [-0.05, 0) is 25.7 Å². The lowest BCUT2D eigenvalue weighted by molar-refractivity contribution is -0.141. The van der Waals surface area contributed by atoms with Crippen LogP contribution in [0.5, 0.6) is 0 Å². The number of rotatable bonds is 3. The number of amides is 2. The summed E-state index contributed by atoms with van der Waals surface area (Å²) in [6.45, 7) is 3.20. The second kappa shape index (κ2) is 5.56. The van der Waals surface area contributed by atoms with Crippen molar-refractivity contribution in [3.05, 3.63) is 0 Å². The fourth-order valence-corrected chi connectivity index (χ4v) is 2.87. The van der Waals surface area contributed by atoms with Crippen molar-refractivity contribution in [1.82, 2.24) is 10.2 Å². The van der Waals surface area contributed by atoms with Crippen LogP contribution in [0.15, 0.2) is 0 Å². The maximum atomic E-state index is 11.8. The number of likely N-dealkylation sites (tertiary alicyclic amines) is 1. The van der Waals surface area contributed by atoms with Crippen LogP contribution in [0, 0.1) is 11.8 Å². The van der Waals surface area contributed by atoms with Crippen molar-refractivity contribution in [2.24, 2.45) is 11.8 Å². The second-order valence-electron chi connectivity index (χ2n) is 4.94. The van der Waals surface area contributed by atoms with Crippen molar-refractivity contribution in [3.8, 4) is 0 Å². The highest BCUT2D eigenvalue weighted by Gasteiger charge is 2.43. The minimum atomic E-state index is -0.426. The number of hydrogen-bond acceptors (Lipinski definition) is 4. The zero-order chi connectivity index (χ0) is 13.1. The molecule has 18 heavy (non-hydrogen) atoms. The van der Waals surface area contributed by atoms with Crippen LogP contribution in [-0.2, 0) is 9.53 Å². The van der Waals surface area contributed by atoms with Crippen molar-refractivity contribution in [2.75, 3.05) is 26.2 Å². The molecule has 1 aliphatic heterocycles. The summed E-state index contributed by atoms with van der Waals surface area (Å²) in [7, 11) is 0. The van der Waals surface area contributed by atoms with Gasteiger partial charge in [0.25, 0.3) is 0 Å². The van der Waals surface area contributed by atoms with Gasteiger partial charge in [0.2, 0.25) is 0 Å². The summed E-state index contributed by atoms with van der Waals surface area (Å²) in [5, 5.41) is 12.3. The lowest BCUT2D eigenvalue weighted by Crippen LogP contribution is -2.42. The minimum absolute atomic E-state index is 0.0962. The van der Waals surface area contributed by atoms with Gasteiger partial charge < -0.3 is 20.1 Å². The van der Waals surface area contributed by atoms with E-state index in [4.69, 9.17) is 4.74 Å². The maximum absolute atomic E-state index is 11.8. The van der Waals surface area contributed by atoms with Crippen molar-refractivity contribution >= 4 is 12.0 Å². The molecule has 102 valence electrons. The molecule has 1 heterocycles.